The molecule has 0 aliphatic carbocycles. The Morgan fingerprint density at radius 2 is 1.13 bits per heavy atom. The number of nitrogens with zero attached hydrogens (tertiary/aromatic N) is 4. The maximum Gasteiger partial charge on any atom is 0.0886 e. The van der Waals surface area contributed by atoms with Crippen LogP contribution in [-0.4, -0.2) is 19.5 Å². The van der Waals surface area contributed by atoms with E-state index in [0.717, 1.165) is 44.8 Å². The summed E-state index contributed by atoms with van der Waals surface area (Å²) in [4.78, 5) is 14.1. The van der Waals surface area contributed by atoms with Gasteiger partial charge in [-0.05, 0) is 79.8 Å². The topological polar surface area (TPSA) is 43.6 Å². The molecular weight excluding hydrogens is 573 g/mol. The van der Waals surface area contributed by atoms with E-state index in [1.807, 2.05) is 24.8 Å². The molecule has 0 fully saturated rings. The highest BCUT2D eigenvalue weighted by Gasteiger charge is 2.14. The molecule has 4 heterocycles. The van der Waals surface area contributed by atoms with Crippen LogP contribution in [0.3, 0.4) is 0 Å². The monoisotopic (exact) mass is 598 g/mol. The summed E-state index contributed by atoms with van der Waals surface area (Å²) in [6.07, 6.45) is 7.72. The molecule has 0 radical (unpaired) electrons. The normalized spacial score (nSPS) is 11.8. The molecular formula is C43H26N4. The molecule has 0 aliphatic rings. The maximum absolute atomic E-state index is 4.87. The zero-order valence-corrected chi connectivity index (χ0v) is 25.3. The summed E-state index contributed by atoms with van der Waals surface area (Å²) in [5.41, 5.74) is 9.50. The van der Waals surface area contributed by atoms with E-state index < -0.39 is 0 Å². The number of fused-ring (bicyclic) bond motifs is 3. The van der Waals surface area contributed by atoms with Crippen LogP contribution in [0.2, 0.25) is 0 Å². The molecule has 0 N–H and O–H groups in total. The highest BCUT2D eigenvalue weighted by Crippen LogP contribution is 2.39. The second-order valence-corrected chi connectivity index (χ2v) is 12.1. The average molecular weight is 599 g/mol. The standard InChI is InChI=1S/C43H26N4/c1-2-10-40-35(9-1)36-21-22-44-26-41(36)47(40)33-8-4-7-30(23-33)31-15-19-38(45-24-31)39-20-16-32(25-46-39)34-17-13-29-12-11-27-5-3-6-28-14-18-37(34)43(29)42(27)28/h1-26H. The molecule has 4 aromatic heterocycles. The van der Waals surface area contributed by atoms with Crippen LogP contribution in [0.5, 0.6) is 0 Å². The third-order valence-electron chi connectivity index (χ3n) is 9.54. The molecule has 218 valence electrons. The second kappa shape index (κ2) is 10.1. The Balaban J connectivity index is 0.985. The first-order chi connectivity index (χ1) is 23.3. The van der Waals surface area contributed by atoms with Crippen molar-refractivity contribution in [3.63, 3.8) is 0 Å². The number of aromatic nitrogens is 4. The van der Waals surface area contributed by atoms with Crippen molar-refractivity contribution < 1.29 is 0 Å². The van der Waals surface area contributed by atoms with Gasteiger partial charge in [0.1, 0.15) is 0 Å². The van der Waals surface area contributed by atoms with Crippen LogP contribution in [0, 0.1) is 0 Å². The number of hydrogen-bond acceptors (Lipinski definition) is 3. The minimum Gasteiger partial charge on any atom is -0.308 e. The van der Waals surface area contributed by atoms with Crippen molar-refractivity contribution >= 4 is 54.1 Å². The largest absolute Gasteiger partial charge is 0.308 e. The Morgan fingerprint density at radius 1 is 0.426 bits per heavy atom. The summed E-state index contributed by atoms with van der Waals surface area (Å²) >= 11 is 0. The Bertz CT molecular complexity index is 2710. The van der Waals surface area contributed by atoms with Crippen LogP contribution >= 0.6 is 0 Å². The highest BCUT2D eigenvalue weighted by atomic mass is 15.0. The van der Waals surface area contributed by atoms with Crippen LogP contribution < -0.4 is 0 Å². The molecule has 0 bridgehead atoms. The van der Waals surface area contributed by atoms with Gasteiger partial charge in [0.05, 0.1) is 28.6 Å². The lowest BCUT2D eigenvalue weighted by atomic mass is 9.90. The van der Waals surface area contributed by atoms with Crippen molar-refractivity contribution in [2.24, 2.45) is 0 Å². The molecule has 0 saturated carbocycles. The van der Waals surface area contributed by atoms with Gasteiger partial charge in [-0.25, -0.2) is 0 Å². The van der Waals surface area contributed by atoms with Gasteiger partial charge in [0.2, 0.25) is 0 Å². The van der Waals surface area contributed by atoms with E-state index in [9.17, 15) is 0 Å². The van der Waals surface area contributed by atoms with Gasteiger partial charge in [0, 0.05) is 46.2 Å². The van der Waals surface area contributed by atoms with Gasteiger partial charge in [0.15, 0.2) is 0 Å². The van der Waals surface area contributed by atoms with Crippen molar-refractivity contribution in [2.75, 3.05) is 0 Å². The predicted molar refractivity (Wildman–Crippen MR) is 194 cm³/mol. The van der Waals surface area contributed by atoms with Gasteiger partial charge in [-0.1, -0.05) is 97.1 Å². The van der Waals surface area contributed by atoms with Crippen LogP contribution in [-0.2, 0) is 0 Å². The molecule has 47 heavy (non-hydrogen) atoms. The van der Waals surface area contributed by atoms with Crippen molar-refractivity contribution in [3.05, 3.63) is 158 Å². The van der Waals surface area contributed by atoms with Crippen LogP contribution in [0.25, 0.3) is 93.5 Å². The van der Waals surface area contributed by atoms with Crippen molar-refractivity contribution in [2.45, 2.75) is 0 Å². The zero-order valence-electron chi connectivity index (χ0n) is 25.3. The number of para-hydroxylation sites is 1. The van der Waals surface area contributed by atoms with E-state index >= 15 is 0 Å². The zero-order chi connectivity index (χ0) is 30.9. The first-order valence-electron chi connectivity index (χ1n) is 15.8. The van der Waals surface area contributed by atoms with Gasteiger partial charge >= 0.3 is 0 Å². The van der Waals surface area contributed by atoms with Crippen molar-refractivity contribution in [1.29, 1.82) is 0 Å². The Kier molecular flexibility index (Phi) is 5.54. The van der Waals surface area contributed by atoms with E-state index in [0.29, 0.717) is 0 Å². The molecule has 10 aromatic rings. The third-order valence-corrected chi connectivity index (χ3v) is 9.54. The quantitative estimate of drug-likeness (QED) is 0.189. The lowest BCUT2D eigenvalue weighted by Crippen LogP contribution is -1.95. The Labute approximate surface area is 270 Å². The number of benzene rings is 6. The van der Waals surface area contributed by atoms with Crippen molar-refractivity contribution in [3.8, 4) is 39.3 Å². The first kappa shape index (κ1) is 25.9. The van der Waals surface area contributed by atoms with E-state index in [4.69, 9.17) is 9.97 Å². The van der Waals surface area contributed by atoms with Gasteiger partial charge < -0.3 is 4.57 Å². The van der Waals surface area contributed by atoms with Crippen LogP contribution in [0.4, 0.5) is 0 Å². The molecule has 0 atom stereocenters. The summed E-state index contributed by atoms with van der Waals surface area (Å²) in [7, 11) is 0. The van der Waals surface area contributed by atoms with Crippen molar-refractivity contribution in [1.82, 2.24) is 19.5 Å². The number of hydrogen-bond donors (Lipinski definition) is 0. The molecule has 4 nitrogen and oxygen atoms in total. The summed E-state index contributed by atoms with van der Waals surface area (Å²) < 4.78 is 2.29. The smallest absolute Gasteiger partial charge is 0.0886 e. The summed E-state index contributed by atoms with van der Waals surface area (Å²) in [6, 6.07) is 47.5. The van der Waals surface area contributed by atoms with Crippen LogP contribution in [0.1, 0.15) is 0 Å². The third kappa shape index (κ3) is 3.98. The molecule has 0 saturated heterocycles. The fourth-order valence-corrected chi connectivity index (χ4v) is 7.33. The van der Waals surface area contributed by atoms with E-state index in [1.165, 1.54) is 48.7 Å². The van der Waals surface area contributed by atoms with E-state index in [1.54, 1.807) is 0 Å². The molecule has 0 amide bonds. The minimum absolute atomic E-state index is 0.848. The average Bonchev–Trinajstić information content (AvgIpc) is 3.48. The van der Waals surface area contributed by atoms with Crippen LogP contribution in [0.15, 0.2) is 158 Å². The molecule has 0 aliphatic heterocycles. The molecule has 6 aromatic carbocycles. The lowest BCUT2D eigenvalue weighted by molar-refractivity contribution is 1.17. The second-order valence-electron chi connectivity index (χ2n) is 12.1. The summed E-state index contributed by atoms with van der Waals surface area (Å²) in [6.45, 7) is 0. The minimum atomic E-state index is 0.848. The number of rotatable bonds is 4. The van der Waals surface area contributed by atoms with Gasteiger partial charge in [-0.15, -0.1) is 0 Å². The summed E-state index contributed by atoms with van der Waals surface area (Å²) in [5.74, 6) is 0. The Hall–Kier alpha value is -6.39. The lowest BCUT2D eigenvalue weighted by Gasteiger charge is -2.14. The van der Waals surface area contributed by atoms with E-state index in [2.05, 4.69) is 143 Å². The van der Waals surface area contributed by atoms with Gasteiger partial charge in [0.25, 0.3) is 0 Å². The first-order valence-corrected chi connectivity index (χ1v) is 15.8. The predicted octanol–water partition coefficient (Wildman–Crippen LogP) is 10.9. The van der Waals surface area contributed by atoms with Gasteiger partial charge in [-0.3, -0.25) is 15.0 Å². The highest BCUT2D eigenvalue weighted by molar-refractivity contribution is 6.25. The molecule has 4 heteroatoms. The fourth-order valence-electron chi connectivity index (χ4n) is 7.33. The molecule has 0 unspecified atom stereocenters. The SMILES string of the molecule is c1cc(-c2ccc(-c3ccc(-c4ccc5ccc6cccc7ccc4c5c67)cn3)nc2)cc(-n2c3ccccc3c3ccncc32)c1. The van der Waals surface area contributed by atoms with Gasteiger partial charge in [-0.2, -0.15) is 0 Å². The van der Waals surface area contributed by atoms with E-state index in [-0.39, 0.29) is 0 Å². The summed E-state index contributed by atoms with van der Waals surface area (Å²) in [5, 5.41) is 10.1. The fraction of sp³-hybridized carbons (Fsp3) is 0. The maximum atomic E-state index is 4.87. The Morgan fingerprint density at radius 3 is 1.94 bits per heavy atom. The molecule has 10 rings (SSSR count). The number of pyridine rings is 3. The molecule has 0 spiro atoms.